The summed E-state index contributed by atoms with van der Waals surface area (Å²) >= 11 is 0. The largest absolute Gasteiger partial charge is 0.433 e. The maximum Gasteiger partial charge on any atom is 0.433 e. The van der Waals surface area contributed by atoms with Crippen LogP contribution in [0.1, 0.15) is 41.3 Å². The molecular formula is C18H22N4O4. The molecule has 0 spiro atoms. The van der Waals surface area contributed by atoms with Crippen molar-refractivity contribution in [3.63, 3.8) is 0 Å². The Morgan fingerprint density at radius 3 is 2.85 bits per heavy atom. The number of hydrogen-bond donors (Lipinski definition) is 0. The summed E-state index contributed by atoms with van der Waals surface area (Å²) in [5, 5.41) is 10.7. The number of likely N-dealkylation sites (tertiary alicyclic amines) is 1. The number of aromatic nitrogens is 2. The molecule has 3 heterocycles. The minimum absolute atomic E-state index is 0.0310. The summed E-state index contributed by atoms with van der Waals surface area (Å²) in [4.78, 5) is 28.9. The topological polar surface area (TPSA) is 94.4 Å². The Bertz CT molecular complexity index is 836. The molecule has 0 radical (unpaired) electrons. The van der Waals surface area contributed by atoms with E-state index in [1.807, 2.05) is 6.20 Å². The lowest BCUT2D eigenvalue weighted by molar-refractivity contribution is -0.402. The molecule has 26 heavy (non-hydrogen) atoms. The van der Waals surface area contributed by atoms with Crippen molar-refractivity contribution in [1.82, 2.24) is 14.5 Å². The van der Waals surface area contributed by atoms with Crippen molar-refractivity contribution in [3.8, 4) is 0 Å². The third kappa shape index (κ3) is 3.36. The van der Waals surface area contributed by atoms with Crippen molar-refractivity contribution in [2.45, 2.75) is 39.2 Å². The van der Waals surface area contributed by atoms with E-state index in [9.17, 15) is 14.9 Å². The molecule has 8 heteroatoms. The zero-order valence-corrected chi connectivity index (χ0v) is 14.8. The summed E-state index contributed by atoms with van der Waals surface area (Å²) in [5.74, 6) is 1.59. The first-order chi connectivity index (χ1) is 12.5. The first-order valence-corrected chi connectivity index (χ1v) is 9.05. The fraction of sp³-hybridized carbons (Fsp3) is 0.556. The average molecular weight is 358 g/mol. The predicted molar refractivity (Wildman–Crippen MR) is 92.8 cm³/mol. The van der Waals surface area contributed by atoms with Crippen LogP contribution in [0.5, 0.6) is 0 Å². The summed E-state index contributed by atoms with van der Waals surface area (Å²) in [7, 11) is 0. The number of nitrogens with zero attached hydrogens (tertiary/aromatic N) is 4. The number of hydrogen-bond acceptors (Lipinski definition) is 5. The molecule has 2 aliphatic rings. The van der Waals surface area contributed by atoms with Crippen LogP contribution in [0.3, 0.4) is 0 Å². The number of nitro groups is 1. The van der Waals surface area contributed by atoms with Crippen LogP contribution in [-0.2, 0) is 13.0 Å². The number of carbonyl (C=O) groups excluding carboxylic acids is 1. The van der Waals surface area contributed by atoms with Gasteiger partial charge in [0.15, 0.2) is 5.76 Å². The van der Waals surface area contributed by atoms with Gasteiger partial charge in [0.25, 0.3) is 5.91 Å². The highest BCUT2D eigenvalue weighted by Crippen LogP contribution is 2.32. The molecule has 2 aromatic heterocycles. The maximum absolute atomic E-state index is 12.5. The Kier molecular flexibility index (Phi) is 4.26. The van der Waals surface area contributed by atoms with Gasteiger partial charge >= 0.3 is 5.88 Å². The number of amides is 1. The second-order valence-corrected chi connectivity index (χ2v) is 7.37. The first-order valence-electron chi connectivity index (χ1n) is 9.05. The molecule has 1 saturated carbocycles. The van der Waals surface area contributed by atoms with Crippen molar-refractivity contribution in [2.24, 2.45) is 11.8 Å². The van der Waals surface area contributed by atoms with E-state index in [2.05, 4.69) is 16.5 Å². The molecule has 1 atom stereocenters. The Balaban J connectivity index is 1.39. The van der Waals surface area contributed by atoms with Crippen molar-refractivity contribution in [2.75, 3.05) is 13.1 Å². The van der Waals surface area contributed by atoms with Gasteiger partial charge in [-0.15, -0.1) is 0 Å². The third-order valence-electron chi connectivity index (χ3n) is 5.30. The summed E-state index contributed by atoms with van der Waals surface area (Å²) < 4.78 is 7.36. The second kappa shape index (κ2) is 6.59. The van der Waals surface area contributed by atoms with E-state index in [1.54, 1.807) is 4.90 Å². The molecule has 0 N–H and O–H groups in total. The van der Waals surface area contributed by atoms with Crippen LogP contribution in [0.4, 0.5) is 5.88 Å². The van der Waals surface area contributed by atoms with Crippen molar-refractivity contribution in [1.29, 1.82) is 0 Å². The summed E-state index contributed by atoms with van der Waals surface area (Å²) in [6.07, 6.45) is 6.29. The number of rotatable bonds is 6. The van der Waals surface area contributed by atoms with Crippen LogP contribution in [0.15, 0.2) is 22.7 Å². The minimum atomic E-state index is -0.633. The van der Waals surface area contributed by atoms with Gasteiger partial charge in [-0.25, -0.2) is 4.98 Å². The van der Waals surface area contributed by atoms with E-state index in [-0.39, 0.29) is 11.7 Å². The lowest BCUT2D eigenvalue weighted by atomic mass is 10.0. The third-order valence-corrected chi connectivity index (χ3v) is 5.30. The normalized spacial score (nSPS) is 19.9. The van der Waals surface area contributed by atoms with E-state index < -0.39 is 10.8 Å². The van der Waals surface area contributed by atoms with E-state index in [1.165, 1.54) is 30.7 Å². The number of carbonyl (C=O) groups is 1. The van der Waals surface area contributed by atoms with Crippen molar-refractivity contribution >= 4 is 11.8 Å². The number of imidazole rings is 1. The van der Waals surface area contributed by atoms with E-state index in [0.717, 1.165) is 31.1 Å². The van der Waals surface area contributed by atoms with Crippen molar-refractivity contribution < 1.29 is 14.1 Å². The van der Waals surface area contributed by atoms with Gasteiger partial charge in [0.05, 0.1) is 6.07 Å². The predicted octanol–water partition coefficient (Wildman–Crippen LogP) is 2.81. The first kappa shape index (κ1) is 16.8. The van der Waals surface area contributed by atoms with Gasteiger partial charge in [-0.1, -0.05) is 0 Å². The molecule has 2 fully saturated rings. The molecule has 8 nitrogen and oxygen atoms in total. The molecule has 1 unspecified atom stereocenters. The molecule has 138 valence electrons. The Labute approximate surface area is 150 Å². The zero-order valence-electron chi connectivity index (χ0n) is 14.8. The molecular weight excluding hydrogens is 336 g/mol. The van der Waals surface area contributed by atoms with Crippen molar-refractivity contribution in [3.05, 3.63) is 45.7 Å². The fourth-order valence-electron chi connectivity index (χ4n) is 3.62. The van der Waals surface area contributed by atoms with Crippen LogP contribution < -0.4 is 0 Å². The van der Waals surface area contributed by atoms with Crippen LogP contribution >= 0.6 is 0 Å². The quantitative estimate of drug-likeness (QED) is 0.584. The van der Waals surface area contributed by atoms with Gasteiger partial charge in [-0.2, -0.15) is 0 Å². The Hall–Kier alpha value is -2.64. The van der Waals surface area contributed by atoms with E-state index in [0.29, 0.717) is 19.0 Å². The van der Waals surface area contributed by atoms with Crippen LogP contribution in [0.2, 0.25) is 0 Å². The molecule has 2 aromatic rings. The molecule has 0 bridgehead atoms. The SMILES string of the molecule is Cc1cnc(CC2CCN(C(=O)c3ccc([N+](=O)[O-])o3)C2)n1CC1CC1. The highest BCUT2D eigenvalue weighted by Gasteiger charge is 2.31. The zero-order chi connectivity index (χ0) is 18.3. The standard InChI is InChI=1S/C18H22N4O4/c1-12-9-19-16(21(12)11-13-2-3-13)8-14-6-7-20(10-14)18(23)15-4-5-17(26-15)22(24)25/h4-5,9,13-14H,2-3,6-8,10-11H2,1H3. The lowest BCUT2D eigenvalue weighted by Crippen LogP contribution is -2.28. The summed E-state index contributed by atoms with van der Waals surface area (Å²) in [5.41, 5.74) is 1.20. The molecule has 1 aliphatic heterocycles. The number of furan rings is 1. The second-order valence-electron chi connectivity index (χ2n) is 7.37. The molecule has 4 rings (SSSR count). The van der Waals surface area contributed by atoms with Crippen LogP contribution in [0.25, 0.3) is 0 Å². The average Bonchev–Trinajstić information content (AvgIpc) is 3.01. The maximum atomic E-state index is 12.5. The van der Waals surface area contributed by atoms with E-state index in [4.69, 9.17) is 4.42 Å². The highest BCUT2D eigenvalue weighted by molar-refractivity contribution is 5.91. The monoisotopic (exact) mass is 358 g/mol. The van der Waals surface area contributed by atoms with Gasteiger partial charge in [-0.05, 0) is 44.1 Å². The highest BCUT2D eigenvalue weighted by atomic mass is 16.6. The molecule has 1 aliphatic carbocycles. The minimum Gasteiger partial charge on any atom is -0.395 e. The van der Waals surface area contributed by atoms with Gasteiger partial charge in [-0.3, -0.25) is 14.9 Å². The summed E-state index contributed by atoms with van der Waals surface area (Å²) in [6.45, 7) is 4.41. The van der Waals surface area contributed by atoms with Gasteiger partial charge in [0, 0.05) is 37.9 Å². The smallest absolute Gasteiger partial charge is 0.395 e. The summed E-state index contributed by atoms with van der Waals surface area (Å²) in [6, 6.07) is 2.59. The Morgan fingerprint density at radius 1 is 1.35 bits per heavy atom. The lowest BCUT2D eigenvalue weighted by Gasteiger charge is -2.16. The molecule has 1 amide bonds. The molecule has 0 aromatic carbocycles. The van der Waals surface area contributed by atoms with Gasteiger partial charge in [0.1, 0.15) is 10.7 Å². The molecule has 1 saturated heterocycles. The van der Waals surface area contributed by atoms with Crippen LogP contribution in [-0.4, -0.2) is 38.4 Å². The van der Waals surface area contributed by atoms with Gasteiger partial charge in [0.2, 0.25) is 0 Å². The van der Waals surface area contributed by atoms with Crippen LogP contribution in [0, 0.1) is 28.9 Å². The fourth-order valence-corrected chi connectivity index (χ4v) is 3.62. The number of aryl methyl sites for hydroxylation is 1. The Morgan fingerprint density at radius 2 is 2.15 bits per heavy atom. The van der Waals surface area contributed by atoms with Gasteiger partial charge < -0.3 is 13.9 Å². The van der Waals surface area contributed by atoms with E-state index >= 15 is 0 Å².